The van der Waals surface area contributed by atoms with E-state index >= 15 is 0 Å². The molecule has 34 heavy (non-hydrogen) atoms. The van der Waals surface area contributed by atoms with Crippen molar-refractivity contribution in [3.05, 3.63) is 106 Å². The van der Waals surface area contributed by atoms with E-state index in [1.165, 1.54) is 0 Å². The summed E-state index contributed by atoms with van der Waals surface area (Å²) >= 11 is 3.41. The van der Waals surface area contributed by atoms with E-state index in [0.29, 0.717) is 15.6 Å². The fourth-order valence-electron chi connectivity index (χ4n) is 3.36. The first-order chi connectivity index (χ1) is 16.1. The minimum atomic E-state index is -1.50. The highest BCUT2D eigenvalue weighted by molar-refractivity contribution is 9.10. The van der Waals surface area contributed by atoms with Gasteiger partial charge in [-0.2, -0.15) is 0 Å². The SMILES string of the molecule is CC(C)(C)OC(=O)C(=NCc1ccccc1)C(C)(OC(=O)c1ccccc1Br)c1ccccc1. The van der Waals surface area contributed by atoms with Crippen LogP contribution in [0.15, 0.2) is 94.4 Å². The zero-order chi connectivity index (χ0) is 24.8. The van der Waals surface area contributed by atoms with Gasteiger partial charge in [0.15, 0.2) is 11.3 Å². The van der Waals surface area contributed by atoms with Crippen molar-refractivity contribution in [1.29, 1.82) is 0 Å². The van der Waals surface area contributed by atoms with Crippen LogP contribution in [0.5, 0.6) is 0 Å². The quantitative estimate of drug-likeness (QED) is 0.262. The Hall–Kier alpha value is -3.25. The summed E-state index contributed by atoms with van der Waals surface area (Å²) in [7, 11) is 0. The molecule has 3 aromatic carbocycles. The van der Waals surface area contributed by atoms with Gasteiger partial charge in [0.2, 0.25) is 0 Å². The van der Waals surface area contributed by atoms with Crippen molar-refractivity contribution in [2.45, 2.75) is 45.4 Å². The van der Waals surface area contributed by atoms with Crippen LogP contribution in [0.25, 0.3) is 0 Å². The van der Waals surface area contributed by atoms with Gasteiger partial charge in [-0.25, -0.2) is 9.59 Å². The molecule has 0 saturated carbocycles. The average molecular weight is 522 g/mol. The number of hydrogen-bond donors (Lipinski definition) is 0. The van der Waals surface area contributed by atoms with Crippen LogP contribution in [0.1, 0.15) is 49.2 Å². The maximum atomic E-state index is 13.4. The van der Waals surface area contributed by atoms with Gasteiger partial charge in [-0.05, 0) is 61.3 Å². The highest BCUT2D eigenvalue weighted by Gasteiger charge is 2.43. The molecule has 1 atom stereocenters. The van der Waals surface area contributed by atoms with Crippen molar-refractivity contribution < 1.29 is 19.1 Å². The second-order valence-electron chi connectivity index (χ2n) is 8.92. The number of hydrogen-bond acceptors (Lipinski definition) is 5. The third-order valence-electron chi connectivity index (χ3n) is 5.02. The Morgan fingerprint density at radius 1 is 0.794 bits per heavy atom. The Balaban J connectivity index is 2.11. The Morgan fingerprint density at radius 3 is 1.94 bits per heavy atom. The lowest BCUT2D eigenvalue weighted by atomic mass is 9.89. The third kappa shape index (κ3) is 6.41. The lowest BCUT2D eigenvalue weighted by molar-refractivity contribution is -0.147. The van der Waals surface area contributed by atoms with Gasteiger partial charge in [-0.1, -0.05) is 72.8 Å². The van der Waals surface area contributed by atoms with Crippen molar-refractivity contribution in [3.63, 3.8) is 0 Å². The van der Waals surface area contributed by atoms with Crippen LogP contribution >= 0.6 is 15.9 Å². The van der Waals surface area contributed by atoms with E-state index in [1.54, 1.807) is 58.0 Å². The molecule has 0 bridgehead atoms. The molecule has 0 heterocycles. The van der Waals surface area contributed by atoms with Crippen molar-refractivity contribution in [2.75, 3.05) is 0 Å². The van der Waals surface area contributed by atoms with Gasteiger partial charge >= 0.3 is 11.9 Å². The topological polar surface area (TPSA) is 65.0 Å². The maximum Gasteiger partial charge on any atom is 0.357 e. The summed E-state index contributed by atoms with van der Waals surface area (Å²) in [5, 5.41) is 0. The molecule has 1 unspecified atom stereocenters. The molecule has 3 aromatic rings. The van der Waals surface area contributed by atoms with Gasteiger partial charge in [-0.15, -0.1) is 0 Å². The summed E-state index contributed by atoms with van der Waals surface area (Å²) in [4.78, 5) is 31.4. The minimum Gasteiger partial charge on any atom is -0.455 e. The predicted molar refractivity (Wildman–Crippen MR) is 137 cm³/mol. The van der Waals surface area contributed by atoms with E-state index in [-0.39, 0.29) is 12.3 Å². The number of esters is 2. The van der Waals surface area contributed by atoms with E-state index in [4.69, 9.17) is 9.47 Å². The van der Waals surface area contributed by atoms with Gasteiger partial charge in [0.05, 0.1) is 12.1 Å². The van der Waals surface area contributed by atoms with Crippen molar-refractivity contribution >= 4 is 33.6 Å². The smallest absolute Gasteiger partial charge is 0.357 e. The zero-order valence-corrected chi connectivity index (χ0v) is 21.3. The van der Waals surface area contributed by atoms with E-state index < -0.39 is 23.1 Å². The number of aliphatic imine (C=N–C) groups is 1. The Bertz CT molecular complexity index is 1170. The predicted octanol–water partition coefficient (Wildman–Crippen LogP) is 6.50. The Morgan fingerprint density at radius 2 is 1.35 bits per heavy atom. The molecule has 0 aliphatic rings. The highest BCUT2D eigenvalue weighted by atomic mass is 79.9. The van der Waals surface area contributed by atoms with Gasteiger partial charge in [0, 0.05) is 10.0 Å². The maximum absolute atomic E-state index is 13.4. The summed E-state index contributed by atoms with van der Waals surface area (Å²) in [6, 6.07) is 25.6. The number of carbonyl (C=O) groups excluding carboxylic acids is 2. The molecule has 3 rings (SSSR count). The van der Waals surface area contributed by atoms with Gasteiger partial charge in [0.1, 0.15) is 5.60 Å². The molecule has 0 spiro atoms. The van der Waals surface area contributed by atoms with Crippen molar-refractivity contribution in [1.82, 2.24) is 0 Å². The number of rotatable bonds is 7. The summed E-state index contributed by atoms with van der Waals surface area (Å²) < 4.78 is 12.4. The third-order valence-corrected chi connectivity index (χ3v) is 5.71. The van der Waals surface area contributed by atoms with Gasteiger partial charge in [0.25, 0.3) is 0 Å². The zero-order valence-electron chi connectivity index (χ0n) is 19.7. The fourth-order valence-corrected chi connectivity index (χ4v) is 3.80. The lowest BCUT2D eigenvalue weighted by Crippen LogP contribution is -2.45. The van der Waals surface area contributed by atoms with E-state index in [2.05, 4.69) is 20.9 Å². The largest absolute Gasteiger partial charge is 0.455 e. The van der Waals surface area contributed by atoms with Gasteiger partial charge < -0.3 is 9.47 Å². The molecule has 0 aliphatic heterocycles. The van der Waals surface area contributed by atoms with Crippen LogP contribution in [0, 0.1) is 0 Å². The second kappa shape index (κ2) is 10.8. The number of nitrogens with zero attached hydrogens (tertiary/aromatic N) is 1. The standard InChI is InChI=1S/C28H28BrNO4/c1-27(2,3)33-26(32)24(30-19-20-13-7-5-8-14-20)28(4,21-15-9-6-10-16-21)34-25(31)22-17-11-12-18-23(22)29/h5-18H,19H2,1-4H3. The Kier molecular flexibility index (Phi) is 8.05. The molecule has 0 fully saturated rings. The lowest BCUT2D eigenvalue weighted by Gasteiger charge is -2.32. The summed E-state index contributed by atoms with van der Waals surface area (Å²) in [5.74, 6) is -1.23. The molecule has 0 radical (unpaired) electrons. The summed E-state index contributed by atoms with van der Waals surface area (Å²) in [5.41, 5.74) is -0.377. The van der Waals surface area contributed by atoms with Crippen molar-refractivity contribution in [3.8, 4) is 0 Å². The molecule has 0 amide bonds. The Labute approximate surface area is 209 Å². The highest BCUT2D eigenvalue weighted by Crippen LogP contribution is 2.32. The second-order valence-corrected chi connectivity index (χ2v) is 9.78. The normalized spacial score (nSPS) is 13.6. The number of carbonyl (C=O) groups is 2. The van der Waals surface area contributed by atoms with Crippen LogP contribution < -0.4 is 0 Å². The van der Waals surface area contributed by atoms with Crippen LogP contribution in [0.4, 0.5) is 0 Å². The monoisotopic (exact) mass is 521 g/mol. The first-order valence-electron chi connectivity index (χ1n) is 11.0. The van der Waals surface area contributed by atoms with Crippen LogP contribution in [-0.4, -0.2) is 23.3 Å². The molecule has 6 heteroatoms. The fraction of sp³-hybridized carbons (Fsp3) is 0.250. The van der Waals surface area contributed by atoms with E-state index in [0.717, 1.165) is 5.56 Å². The molecule has 0 saturated heterocycles. The summed E-state index contributed by atoms with van der Waals surface area (Å²) in [6.07, 6.45) is 0. The first-order valence-corrected chi connectivity index (χ1v) is 11.7. The molecule has 0 aromatic heterocycles. The molecule has 0 N–H and O–H groups in total. The van der Waals surface area contributed by atoms with Crippen LogP contribution in [0.3, 0.4) is 0 Å². The molecule has 176 valence electrons. The molecule has 5 nitrogen and oxygen atoms in total. The summed E-state index contributed by atoms with van der Waals surface area (Å²) in [6.45, 7) is 7.25. The number of benzene rings is 3. The molecular formula is C28H28BrNO4. The van der Waals surface area contributed by atoms with Crippen LogP contribution in [-0.2, 0) is 26.4 Å². The van der Waals surface area contributed by atoms with Crippen molar-refractivity contribution in [2.24, 2.45) is 4.99 Å². The average Bonchev–Trinajstić information content (AvgIpc) is 2.79. The minimum absolute atomic E-state index is 0.0119. The number of ether oxygens (including phenoxy) is 2. The molecular weight excluding hydrogens is 494 g/mol. The van der Waals surface area contributed by atoms with E-state index in [9.17, 15) is 9.59 Å². The first kappa shape index (κ1) is 25.4. The van der Waals surface area contributed by atoms with Crippen LogP contribution in [0.2, 0.25) is 0 Å². The van der Waals surface area contributed by atoms with Gasteiger partial charge in [-0.3, -0.25) is 4.99 Å². The number of halogens is 1. The van der Waals surface area contributed by atoms with E-state index in [1.807, 2.05) is 54.6 Å². The molecule has 0 aliphatic carbocycles.